The summed E-state index contributed by atoms with van der Waals surface area (Å²) in [5.41, 5.74) is 1.86. The zero-order chi connectivity index (χ0) is 21.2. The van der Waals surface area contributed by atoms with Crippen molar-refractivity contribution in [3.05, 3.63) is 40.5 Å². The van der Waals surface area contributed by atoms with Crippen molar-refractivity contribution in [3.63, 3.8) is 0 Å². The summed E-state index contributed by atoms with van der Waals surface area (Å²) in [5.74, 6) is 0. The van der Waals surface area contributed by atoms with E-state index in [1.165, 1.54) is 11.2 Å². The van der Waals surface area contributed by atoms with Crippen molar-refractivity contribution in [1.29, 1.82) is 0 Å². The number of rotatable bonds is 4. The van der Waals surface area contributed by atoms with Crippen molar-refractivity contribution in [3.8, 4) is 0 Å². The molecule has 0 unspecified atom stereocenters. The van der Waals surface area contributed by atoms with E-state index in [2.05, 4.69) is 20.1 Å². The van der Waals surface area contributed by atoms with E-state index in [1.807, 2.05) is 13.8 Å². The minimum atomic E-state index is -4.60. The molecule has 2 aliphatic rings. The van der Waals surface area contributed by atoms with E-state index in [-0.39, 0.29) is 16.0 Å². The molecule has 29 heavy (non-hydrogen) atoms. The van der Waals surface area contributed by atoms with Crippen molar-refractivity contribution in [2.24, 2.45) is 5.41 Å². The molecule has 0 amide bonds. The number of pyridine rings is 1. The molecular formula is C18H22F3N5O2S. The third-order valence-corrected chi connectivity index (χ3v) is 7.67. The van der Waals surface area contributed by atoms with E-state index in [4.69, 9.17) is 0 Å². The molecule has 4 heterocycles. The monoisotopic (exact) mass is 429 g/mol. The molecular weight excluding hydrogens is 407 g/mol. The number of nitrogens with zero attached hydrogens (tertiary/aromatic N) is 4. The lowest BCUT2D eigenvalue weighted by molar-refractivity contribution is -0.141. The van der Waals surface area contributed by atoms with Crippen LogP contribution in [0.5, 0.6) is 0 Å². The maximum atomic E-state index is 12.8. The van der Waals surface area contributed by atoms with Gasteiger partial charge in [-0.1, -0.05) is 0 Å². The Labute approximate surface area is 167 Å². The van der Waals surface area contributed by atoms with Crippen molar-refractivity contribution in [2.45, 2.75) is 38.4 Å². The van der Waals surface area contributed by atoms with Gasteiger partial charge in [0, 0.05) is 49.4 Å². The molecule has 2 aromatic heterocycles. The average Bonchev–Trinajstić information content (AvgIpc) is 2.85. The van der Waals surface area contributed by atoms with Gasteiger partial charge in [-0.3, -0.25) is 10.00 Å². The van der Waals surface area contributed by atoms with Crippen LogP contribution in [0.25, 0.3) is 0 Å². The summed E-state index contributed by atoms with van der Waals surface area (Å²) in [6.07, 6.45) is -4.60. The SMILES string of the molecule is Cc1nc(C(F)(F)F)ccc1S(=O)(=O)N1CC2(CN(Cc3c(C)n[nH]c3C)C2)C1. The topological polar surface area (TPSA) is 82.2 Å². The Morgan fingerprint density at radius 2 is 1.76 bits per heavy atom. The van der Waals surface area contributed by atoms with Gasteiger partial charge >= 0.3 is 6.18 Å². The van der Waals surface area contributed by atoms with Crippen molar-refractivity contribution >= 4 is 10.0 Å². The maximum Gasteiger partial charge on any atom is 0.433 e. The second-order valence-corrected chi connectivity index (χ2v) is 10.0. The molecule has 0 radical (unpaired) electrons. The van der Waals surface area contributed by atoms with Crippen LogP contribution in [0.4, 0.5) is 13.2 Å². The van der Waals surface area contributed by atoms with Crippen LogP contribution in [0, 0.1) is 26.2 Å². The van der Waals surface area contributed by atoms with Crippen LogP contribution in [0.1, 0.15) is 28.3 Å². The summed E-state index contributed by atoms with van der Waals surface area (Å²) in [7, 11) is -3.85. The minimum absolute atomic E-state index is 0.0775. The number of hydrogen-bond acceptors (Lipinski definition) is 5. The summed E-state index contributed by atoms with van der Waals surface area (Å²) in [4.78, 5) is 5.53. The van der Waals surface area contributed by atoms with Crippen molar-refractivity contribution in [1.82, 2.24) is 24.4 Å². The molecule has 2 saturated heterocycles. The van der Waals surface area contributed by atoms with Crippen LogP contribution < -0.4 is 0 Å². The molecule has 0 saturated carbocycles. The molecule has 0 atom stereocenters. The van der Waals surface area contributed by atoms with Gasteiger partial charge in [0.25, 0.3) is 0 Å². The molecule has 4 rings (SSSR count). The lowest BCUT2D eigenvalue weighted by Gasteiger charge is -2.59. The second kappa shape index (κ2) is 6.51. The van der Waals surface area contributed by atoms with E-state index in [0.29, 0.717) is 13.1 Å². The molecule has 1 spiro atoms. The number of hydrogen-bond donors (Lipinski definition) is 1. The molecule has 0 aliphatic carbocycles. The molecule has 1 N–H and O–H groups in total. The number of likely N-dealkylation sites (tertiary alicyclic amines) is 1. The lowest BCUT2D eigenvalue weighted by atomic mass is 9.74. The third kappa shape index (κ3) is 3.44. The predicted octanol–water partition coefficient (Wildman–Crippen LogP) is 2.26. The van der Waals surface area contributed by atoms with E-state index < -0.39 is 21.9 Å². The number of nitrogens with one attached hydrogen (secondary N) is 1. The first-order chi connectivity index (χ1) is 13.4. The first-order valence-electron chi connectivity index (χ1n) is 9.19. The smallest absolute Gasteiger partial charge is 0.298 e. The molecule has 0 bridgehead atoms. The Bertz CT molecular complexity index is 1030. The molecule has 0 aromatic carbocycles. The lowest BCUT2D eigenvalue weighted by Crippen LogP contribution is -2.72. The molecule has 7 nitrogen and oxygen atoms in total. The highest BCUT2D eigenvalue weighted by molar-refractivity contribution is 7.89. The fourth-order valence-electron chi connectivity index (χ4n) is 4.23. The Kier molecular flexibility index (Phi) is 4.56. The molecule has 158 valence electrons. The third-order valence-electron chi connectivity index (χ3n) is 5.75. The predicted molar refractivity (Wildman–Crippen MR) is 98.5 cm³/mol. The Morgan fingerprint density at radius 1 is 1.10 bits per heavy atom. The Hall–Kier alpha value is -1.98. The number of sulfonamides is 1. The van der Waals surface area contributed by atoms with Gasteiger partial charge in [-0.15, -0.1) is 0 Å². The van der Waals surface area contributed by atoms with Gasteiger partial charge in [0.05, 0.1) is 11.4 Å². The van der Waals surface area contributed by atoms with Gasteiger partial charge < -0.3 is 0 Å². The number of aromatic amines is 1. The van der Waals surface area contributed by atoms with Gasteiger partial charge in [0.15, 0.2) is 0 Å². The van der Waals surface area contributed by atoms with Gasteiger partial charge in [0.1, 0.15) is 10.6 Å². The van der Waals surface area contributed by atoms with Crippen molar-refractivity contribution < 1.29 is 21.6 Å². The van der Waals surface area contributed by atoms with Crippen LogP contribution >= 0.6 is 0 Å². The van der Waals surface area contributed by atoms with Gasteiger partial charge in [0.2, 0.25) is 10.0 Å². The van der Waals surface area contributed by atoms with Gasteiger partial charge in [-0.25, -0.2) is 13.4 Å². The fraction of sp³-hybridized carbons (Fsp3) is 0.556. The molecule has 2 aromatic rings. The average molecular weight is 429 g/mol. The summed E-state index contributed by atoms with van der Waals surface area (Å²) >= 11 is 0. The highest BCUT2D eigenvalue weighted by Gasteiger charge is 2.55. The van der Waals surface area contributed by atoms with Crippen LogP contribution in [-0.4, -0.2) is 59.0 Å². The highest BCUT2D eigenvalue weighted by atomic mass is 32.2. The summed E-state index contributed by atoms with van der Waals surface area (Å²) in [5, 5.41) is 7.15. The maximum absolute atomic E-state index is 12.8. The van der Waals surface area contributed by atoms with Gasteiger partial charge in [-0.05, 0) is 32.9 Å². The number of halogens is 3. The standard InChI is InChI=1S/C18H22F3N5O2S/c1-11-14(12(2)24-23-11)6-25-7-17(8-25)9-26(10-17)29(27,28)15-4-5-16(18(19,20)21)22-13(15)3/h4-5H,6-10H2,1-3H3,(H,23,24). The van der Waals surface area contributed by atoms with E-state index in [9.17, 15) is 21.6 Å². The van der Waals surface area contributed by atoms with Crippen LogP contribution in [0.2, 0.25) is 0 Å². The number of H-pyrrole nitrogens is 1. The molecule has 11 heteroatoms. The van der Waals surface area contributed by atoms with Crippen LogP contribution in [0.15, 0.2) is 17.0 Å². The highest BCUT2D eigenvalue weighted by Crippen LogP contribution is 2.43. The number of aryl methyl sites for hydroxylation is 3. The second-order valence-electron chi connectivity index (χ2n) is 8.11. The zero-order valence-electron chi connectivity index (χ0n) is 16.3. The van der Waals surface area contributed by atoms with Crippen LogP contribution in [-0.2, 0) is 22.7 Å². The largest absolute Gasteiger partial charge is 0.433 e. The molecule has 2 fully saturated rings. The fourth-order valence-corrected chi connectivity index (χ4v) is 6.06. The van der Waals surface area contributed by atoms with Crippen molar-refractivity contribution in [2.75, 3.05) is 26.2 Å². The Morgan fingerprint density at radius 3 is 2.28 bits per heavy atom. The van der Waals surface area contributed by atoms with E-state index in [1.54, 1.807) is 0 Å². The number of alkyl halides is 3. The first kappa shape index (κ1) is 20.3. The quantitative estimate of drug-likeness (QED) is 0.806. The minimum Gasteiger partial charge on any atom is -0.298 e. The summed E-state index contributed by atoms with van der Waals surface area (Å²) in [6.45, 7) is 8.30. The summed E-state index contributed by atoms with van der Waals surface area (Å²) in [6, 6.07) is 1.72. The normalized spacial score (nSPS) is 19.9. The Balaban J connectivity index is 1.40. The molecule has 2 aliphatic heterocycles. The first-order valence-corrected chi connectivity index (χ1v) is 10.6. The number of aromatic nitrogens is 3. The van der Waals surface area contributed by atoms with Crippen LogP contribution in [0.3, 0.4) is 0 Å². The van der Waals surface area contributed by atoms with E-state index in [0.717, 1.165) is 48.7 Å². The van der Waals surface area contributed by atoms with E-state index >= 15 is 0 Å². The zero-order valence-corrected chi connectivity index (χ0v) is 17.2. The summed E-state index contributed by atoms with van der Waals surface area (Å²) < 4.78 is 65.3. The van der Waals surface area contributed by atoms with Gasteiger partial charge in [-0.2, -0.15) is 22.6 Å².